The molecule has 0 saturated carbocycles. The van der Waals surface area contributed by atoms with Crippen LogP contribution in [0.1, 0.15) is 36.0 Å². The van der Waals surface area contributed by atoms with Crippen molar-refractivity contribution in [1.82, 2.24) is 4.90 Å². The van der Waals surface area contributed by atoms with Gasteiger partial charge in [0, 0.05) is 23.0 Å². The fourth-order valence-corrected chi connectivity index (χ4v) is 3.78. The lowest BCUT2D eigenvalue weighted by molar-refractivity contribution is -0.0498. The molecule has 1 aromatic rings. The molecule has 0 spiro atoms. The maximum absolute atomic E-state index is 12.6. The Morgan fingerprint density at radius 3 is 2.29 bits per heavy atom. The zero-order valence-corrected chi connectivity index (χ0v) is 12.1. The molecule has 2 heterocycles. The van der Waals surface area contributed by atoms with Gasteiger partial charge in [0.2, 0.25) is 0 Å². The molecule has 6 heteroatoms. The van der Waals surface area contributed by atoms with Gasteiger partial charge in [0.15, 0.2) is 0 Å². The van der Waals surface area contributed by atoms with Crippen LogP contribution in [0.25, 0.3) is 0 Å². The van der Waals surface area contributed by atoms with Crippen molar-refractivity contribution in [1.29, 1.82) is 0 Å². The number of carbonyl (C=O) groups is 1. The number of rotatable bonds is 3. The molecule has 114 valence electrons. The molecule has 1 amide bonds. The summed E-state index contributed by atoms with van der Waals surface area (Å²) in [5.74, 6) is 0.0126. The smallest absolute Gasteiger partial charge is 0.387 e. The summed E-state index contributed by atoms with van der Waals surface area (Å²) in [6, 6.07) is 6.27. The van der Waals surface area contributed by atoms with Crippen LogP contribution in [0.2, 0.25) is 0 Å². The number of ether oxygens (including phenoxy) is 1. The van der Waals surface area contributed by atoms with E-state index in [9.17, 15) is 13.6 Å². The van der Waals surface area contributed by atoms with Crippen LogP contribution in [0, 0.1) is 0 Å². The fourth-order valence-electron chi connectivity index (χ4n) is 3.37. The minimum atomic E-state index is -2.86. The molecule has 2 aliphatic rings. The van der Waals surface area contributed by atoms with Crippen molar-refractivity contribution in [2.75, 3.05) is 0 Å². The van der Waals surface area contributed by atoms with E-state index >= 15 is 0 Å². The van der Waals surface area contributed by atoms with Crippen LogP contribution in [0.3, 0.4) is 0 Å². The Balaban J connectivity index is 1.73. The van der Waals surface area contributed by atoms with Gasteiger partial charge in [-0.3, -0.25) is 4.79 Å². The lowest BCUT2D eigenvalue weighted by atomic mass is 10.0. The molecule has 21 heavy (non-hydrogen) atoms. The first-order valence-corrected chi connectivity index (χ1v) is 7.50. The Morgan fingerprint density at radius 1 is 1.19 bits per heavy atom. The highest BCUT2D eigenvalue weighted by molar-refractivity contribution is 6.20. The van der Waals surface area contributed by atoms with Crippen LogP contribution in [0.15, 0.2) is 24.3 Å². The van der Waals surface area contributed by atoms with Crippen molar-refractivity contribution >= 4 is 17.5 Å². The average Bonchev–Trinajstić information content (AvgIpc) is 2.70. The van der Waals surface area contributed by atoms with Crippen LogP contribution in [0.5, 0.6) is 5.75 Å². The van der Waals surface area contributed by atoms with Crippen molar-refractivity contribution in [2.24, 2.45) is 0 Å². The molecule has 0 radical (unpaired) electrons. The molecule has 3 nitrogen and oxygen atoms in total. The number of nitrogens with zero attached hydrogens (tertiary/aromatic N) is 1. The molecule has 3 rings (SSSR count). The second kappa shape index (κ2) is 5.79. The second-order valence-corrected chi connectivity index (χ2v) is 6.19. The summed E-state index contributed by atoms with van der Waals surface area (Å²) >= 11 is 6.21. The number of amides is 1. The number of piperidine rings is 1. The summed E-state index contributed by atoms with van der Waals surface area (Å²) in [6.45, 7) is -2.86. The Labute approximate surface area is 126 Å². The predicted octanol–water partition coefficient (Wildman–Crippen LogP) is 3.66. The lowest BCUT2D eigenvalue weighted by Crippen LogP contribution is -2.46. The van der Waals surface area contributed by atoms with Crippen LogP contribution in [0.4, 0.5) is 8.78 Å². The highest BCUT2D eigenvalue weighted by atomic mass is 35.5. The van der Waals surface area contributed by atoms with Gasteiger partial charge in [-0.25, -0.2) is 0 Å². The van der Waals surface area contributed by atoms with E-state index < -0.39 is 6.61 Å². The molecular weight excluding hydrogens is 300 g/mol. The van der Waals surface area contributed by atoms with Crippen LogP contribution < -0.4 is 4.74 Å². The van der Waals surface area contributed by atoms with Gasteiger partial charge in [-0.05, 0) is 49.9 Å². The fraction of sp³-hybridized carbons (Fsp3) is 0.533. The Hall–Kier alpha value is -1.36. The highest BCUT2D eigenvalue weighted by Crippen LogP contribution is 2.38. The maximum atomic E-state index is 12.6. The molecule has 0 aliphatic carbocycles. The van der Waals surface area contributed by atoms with Gasteiger partial charge in [-0.1, -0.05) is 0 Å². The summed E-state index contributed by atoms with van der Waals surface area (Å²) in [4.78, 5) is 14.5. The number of carbonyl (C=O) groups excluding carboxylic acids is 1. The summed E-state index contributed by atoms with van der Waals surface area (Å²) < 4.78 is 28.5. The Morgan fingerprint density at radius 2 is 1.76 bits per heavy atom. The van der Waals surface area contributed by atoms with Crippen molar-refractivity contribution in [3.63, 3.8) is 0 Å². The second-order valence-electron chi connectivity index (χ2n) is 5.57. The minimum absolute atomic E-state index is 0.0466. The maximum Gasteiger partial charge on any atom is 0.387 e. The van der Waals surface area contributed by atoms with Crippen molar-refractivity contribution in [2.45, 2.75) is 49.8 Å². The van der Waals surface area contributed by atoms with Crippen LogP contribution >= 0.6 is 11.6 Å². The largest absolute Gasteiger partial charge is 0.435 e. The zero-order chi connectivity index (χ0) is 15.0. The van der Waals surface area contributed by atoms with Gasteiger partial charge in [0.25, 0.3) is 5.91 Å². The number of hydrogen-bond donors (Lipinski definition) is 0. The van der Waals surface area contributed by atoms with E-state index in [1.165, 1.54) is 24.3 Å². The van der Waals surface area contributed by atoms with Gasteiger partial charge >= 0.3 is 6.61 Å². The van der Waals surface area contributed by atoms with Gasteiger partial charge in [0.05, 0.1) is 0 Å². The molecule has 2 unspecified atom stereocenters. The first kappa shape index (κ1) is 14.6. The zero-order valence-electron chi connectivity index (χ0n) is 11.3. The van der Waals surface area contributed by atoms with Crippen molar-refractivity contribution < 1.29 is 18.3 Å². The Kier molecular flexibility index (Phi) is 4.02. The molecule has 2 saturated heterocycles. The minimum Gasteiger partial charge on any atom is -0.435 e. The third kappa shape index (κ3) is 2.98. The van der Waals surface area contributed by atoms with E-state index in [2.05, 4.69) is 4.74 Å². The molecule has 1 aromatic carbocycles. The molecule has 0 aromatic heterocycles. The number of hydrogen-bond acceptors (Lipinski definition) is 2. The van der Waals surface area contributed by atoms with Crippen molar-refractivity contribution in [3.05, 3.63) is 29.8 Å². The number of benzene rings is 1. The molecular formula is C15H16ClF2NO2. The van der Waals surface area contributed by atoms with Gasteiger partial charge < -0.3 is 9.64 Å². The average molecular weight is 316 g/mol. The summed E-state index contributed by atoms with van der Waals surface area (Å²) in [5.41, 5.74) is 0.501. The normalized spacial score (nSPS) is 28.0. The molecule has 2 bridgehead atoms. The standard InChI is InChI=1S/C15H16ClF2NO2/c16-10-7-11-3-4-12(8-10)19(11)14(20)9-1-5-13(6-2-9)21-15(17)18/h1-2,5-6,10-12,15H,3-4,7-8H2. The summed E-state index contributed by atoms with van der Waals surface area (Å²) in [7, 11) is 0. The number of fused-ring (bicyclic) bond motifs is 2. The molecule has 2 atom stereocenters. The molecule has 2 aliphatic heterocycles. The van der Waals surface area contributed by atoms with E-state index in [0.717, 1.165) is 25.7 Å². The predicted molar refractivity (Wildman–Crippen MR) is 74.9 cm³/mol. The van der Waals surface area contributed by atoms with E-state index in [1.54, 1.807) is 0 Å². The topological polar surface area (TPSA) is 29.5 Å². The number of halogens is 3. The SMILES string of the molecule is O=C(c1ccc(OC(F)F)cc1)N1C2CCC1CC(Cl)C2. The van der Waals surface area contributed by atoms with Gasteiger partial charge in [-0.2, -0.15) is 8.78 Å². The molecule has 2 fully saturated rings. The van der Waals surface area contributed by atoms with E-state index in [4.69, 9.17) is 11.6 Å². The Bertz CT molecular complexity index is 509. The van der Waals surface area contributed by atoms with E-state index in [-0.39, 0.29) is 29.1 Å². The lowest BCUT2D eigenvalue weighted by Gasteiger charge is -2.37. The highest BCUT2D eigenvalue weighted by Gasteiger charge is 2.42. The first-order valence-electron chi connectivity index (χ1n) is 7.06. The third-order valence-corrected chi connectivity index (χ3v) is 4.59. The van der Waals surface area contributed by atoms with Gasteiger partial charge in [-0.15, -0.1) is 11.6 Å². The van der Waals surface area contributed by atoms with E-state index in [0.29, 0.717) is 5.56 Å². The third-order valence-electron chi connectivity index (χ3n) is 4.24. The monoisotopic (exact) mass is 315 g/mol. The van der Waals surface area contributed by atoms with Crippen LogP contribution in [-0.4, -0.2) is 34.9 Å². The van der Waals surface area contributed by atoms with Gasteiger partial charge in [0.1, 0.15) is 5.75 Å². The summed E-state index contributed by atoms with van der Waals surface area (Å²) in [5, 5.41) is 0.147. The van der Waals surface area contributed by atoms with Crippen molar-refractivity contribution in [3.8, 4) is 5.75 Å². The first-order chi connectivity index (χ1) is 10.0. The summed E-state index contributed by atoms with van der Waals surface area (Å²) in [6.07, 6.45) is 3.64. The number of alkyl halides is 3. The quantitative estimate of drug-likeness (QED) is 0.797. The van der Waals surface area contributed by atoms with E-state index in [1.807, 2.05) is 4.90 Å². The van der Waals surface area contributed by atoms with Crippen LogP contribution in [-0.2, 0) is 0 Å². The molecule has 0 N–H and O–H groups in total.